The molecule has 2 aliphatic rings. The lowest BCUT2D eigenvalue weighted by molar-refractivity contribution is 0.0731. The van der Waals surface area contributed by atoms with Gasteiger partial charge in [0, 0.05) is 36.8 Å². The molecule has 4 rings (SSSR count). The van der Waals surface area contributed by atoms with E-state index in [1.807, 2.05) is 26.2 Å². The molecule has 0 saturated heterocycles. The van der Waals surface area contributed by atoms with Crippen LogP contribution in [0.2, 0.25) is 36.3 Å². The highest BCUT2D eigenvalue weighted by Crippen LogP contribution is 2.41. The second-order valence-electron chi connectivity index (χ2n) is 20.3. The third kappa shape index (κ3) is 13.0. The number of carbonyl (C=O) groups is 3. The predicted octanol–water partition coefficient (Wildman–Crippen LogP) is 10.9. The third-order valence-electron chi connectivity index (χ3n) is 13.2. The molecule has 16 heteroatoms. The molecule has 2 aromatic rings. The Labute approximate surface area is 389 Å². The number of hydrogen-bond donors (Lipinski definition) is 2. The van der Waals surface area contributed by atoms with E-state index in [1.165, 1.54) is 20.3 Å². The van der Waals surface area contributed by atoms with E-state index in [4.69, 9.17) is 33.5 Å². The van der Waals surface area contributed by atoms with E-state index in [9.17, 15) is 19.5 Å². The van der Waals surface area contributed by atoms with Crippen LogP contribution in [0.25, 0.3) is 0 Å². The number of nitrogens with zero attached hydrogens (tertiary/aromatic N) is 3. The van der Waals surface area contributed by atoms with Gasteiger partial charge in [-0.05, 0) is 94.3 Å². The predicted molar refractivity (Wildman–Crippen MR) is 264 cm³/mol. The molecule has 0 fully saturated rings. The maximum absolute atomic E-state index is 14.4. The number of amides is 3. The molecule has 3 N–H and O–H groups in total. The van der Waals surface area contributed by atoms with Crippen molar-refractivity contribution in [3.63, 3.8) is 0 Å². The molecule has 0 saturated carbocycles. The highest BCUT2D eigenvalue weighted by atomic mass is 28.4. The molecule has 2 aliphatic heterocycles. The maximum atomic E-state index is 14.4. The van der Waals surface area contributed by atoms with E-state index in [2.05, 4.69) is 74.3 Å². The van der Waals surface area contributed by atoms with Crippen LogP contribution in [0, 0.1) is 0 Å². The second kappa shape index (κ2) is 21.7. The molecule has 2 unspecified atom stereocenters. The Hall–Kier alpha value is -4.78. The summed E-state index contributed by atoms with van der Waals surface area (Å²) >= 11 is 0. The first-order valence-electron chi connectivity index (χ1n) is 22.6. The van der Waals surface area contributed by atoms with Crippen LogP contribution < -0.4 is 29.6 Å². The summed E-state index contributed by atoms with van der Waals surface area (Å²) in [6.45, 7) is 31.1. The van der Waals surface area contributed by atoms with Gasteiger partial charge in [-0.1, -0.05) is 58.8 Å². The SMILES string of the molecule is C=CCN(C(=O)O)c1cc(OCCCCCOc2cc(N)c(C(=O)N3C=C(C)CC3CO[Si](C)(C)C(C)(C)C)cc2OC)c(OC)cc1C(=O)N1C=C(C)CC1CO[Si](C)(C)C(C)(C)C. The Morgan fingerprint density at radius 1 is 0.738 bits per heavy atom. The first-order valence-corrected chi connectivity index (χ1v) is 28.4. The summed E-state index contributed by atoms with van der Waals surface area (Å²) in [5, 5.41) is 10.3. The standard InChI is InChI=1S/C49H76N4O10Si2/c1-16-20-51(47(56)57)40-28-44(42(59-11)26-38(40)46(55)53-30-34(3)24-36(53)32-63-65(14,15)49(7,8)9)61-22-19-17-18-21-60-43-27-39(50)37(25-41(43)58-10)45(54)52-29-33(2)23-35(52)31-62-64(12,13)48(4,5)6/h16,25-30,35-36H,1,17-24,31-32,50H2,2-15H3,(H,56,57). The van der Waals surface area contributed by atoms with Crippen LogP contribution in [0.4, 0.5) is 16.2 Å². The van der Waals surface area contributed by atoms with Gasteiger partial charge >= 0.3 is 6.09 Å². The summed E-state index contributed by atoms with van der Waals surface area (Å²) in [4.78, 5) is 45.4. The highest BCUT2D eigenvalue weighted by molar-refractivity contribution is 6.74. The Bertz CT molecular complexity index is 2110. The average molecular weight is 937 g/mol. The van der Waals surface area contributed by atoms with Crippen molar-refractivity contribution in [2.75, 3.05) is 57.8 Å². The van der Waals surface area contributed by atoms with Gasteiger partial charge in [0.25, 0.3) is 11.8 Å². The molecule has 0 aliphatic carbocycles. The molecule has 0 radical (unpaired) electrons. The summed E-state index contributed by atoms with van der Waals surface area (Å²) in [7, 11) is -1.12. The summed E-state index contributed by atoms with van der Waals surface area (Å²) in [6, 6.07) is 6.01. The molecule has 0 aromatic heterocycles. The van der Waals surface area contributed by atoms with Crippen molar-refractivity contribution in [1.29, 1.82) is 0 Å². The Morgan fingerprint density at radius 3 is 1.58 bits per heavy atom. The quantitative estimate of drug-likeness (QED) is 0.0530. The molecule has 14 nitrogen and oxygen atoms in total. The van der Waals surface area contributed by atoms with Crippen molar-refractivity contribution in [3.05, 3.63) is 71.6 Å². The molecule has 2 aromatic carbocycles. The van der Waals surface area contributed by atoms with Gasteiger partial charge in [0.2, 0.25) is 0 Å². The Kier molecular flexibility index (Phi) is 17.6. The van der Waals surface area contributed by atoms with Crippen molar-refractivity contribution in [2.45, 2.75) is 136 Å². The summed E-state index contributed by atoms with van der Waals surface area (Å²) in [5.41, 5.74) is 9.56. The maximum Gasteiger partial charge on any atom is 0.412 e. The number of nitrogens with two attached hydrogens (primary N) is 1. The van der Waals surface area contributed by atoms with E-state index in [-0.39, 0.29) is 58.4 Å². The summed E-state index contributed by atoms with van der Waals surface area (Å²) < 4.78 is 36.7. The molecule has 360 valence electrons. The monoisotopic (exact) mass is 937 g/mol. The fourth-order valence-corrected chi connectivity index (χ4v) is 9.27. The van der Waals surface area contributed by atoms with Crippen LogP contribution in [-0.2, 0) is 8.85 Å². The van der Waals surface area contributed by atoms with Gasteiger partial charge in [-0.2, -0.15) is 0 Å². The minimum Gasteiger partial charge on any atom is -0.493 e. The van der Waals surface area contributed by atoms with Crippen LogP contribution in [0.3, 0.4) is 0 Å². The van der Waals surface area contributed by atoms with Crippen molar-refractivity contribution < 1.29 is 47.3 Å². The number of anilines is 2. The Morgan fingerprint density at radius 2 is 1.17 bits per heavy atom. The van der Waals surface area contributed by atoms with Gasteiger partial charge in [-0.25, -0.2) is 4.79 Å². The molecule has 2 heterocycles. The number of nitrogen functional groups attached to an aromatic ring is 1. The number of methoxy groups -OCH3 is 2. The highest BCUT2D eigenvalue weighted by Gasteiger charge is 2.41. The lowest BCUT2D eigenvalue weighted by Gasteiger charge is -2.38. The second-order valence-corrected chi connectivity index (χ2v) is 29.9. The first kappa shape index (κ1) is 52.8. The largest absolute Gasteiger partial charge is 0.493 e. The minimum atomic E-state index is -2.11. The van der Waals surface area contributed by atoms with E-state index in [1.54, 1.807) is 34.1 Å². The van der Waals surface area contributed by atoms with E-state index in [0.29, 0.717) is 73.3 Å². The molecular weight excluding hydrogens is 861 g/mol. The number of hydrogen-bond acceptors (Lipinski definition) is 10. The van der Waals surface area contributed by atoms with E-state index >= 15 is 0 Å². The number of unbranched alkanes of at least 4 members (excludes halogenated alkanes) is 2. The van der Waals surface area contributed by atoms with Crippen LogP contribution in [0.15, 0.2) is 60.5 Å². The zero-order valence-electron chi connectivity index (χ0n) is 41.5. The van der Waals surface area contributed by atoms with Crippen molar-refractivity contribution in [1.82, 2.24) is 9.80 Å². The van der Waals surface area contributed by atoms with Crippen LogP contribution in [-0.4, -0.2) is 109 Å². The lowest BCUT2D eigenvalue weighted by Crippen LogP contribution is -2.45. The fourth-order valence-electron chi connectivity index (χ4n) is 7.18. The summed E-state index contributed by atoms with van der Waals surface area (Å²) in [6.07, 6.45) is 7.36. The van der Waals surface area contributed by atoms with Gasteiger partial charge in [-0.15, -0.1) is 6.58 Å². The molecule has 65 heavy (non-hydrogen) atoms. The van der Waals surface area contributed by atoms with Crippen LogP contribution in [0.1, 0.15) is 108 Å². The number of carboxylic acid groups (broad SMARTS) is 1. The average Bonchev–Trinajstić information content (AvgIpc) is 3.80. The smallest absolute Gasteiger partial charge is 0.412 e. The Balaban J connectivity index is 1.41. The zero-order valence-corrected chi connectivity index (χ0v) is 43.5. The molecule has 0 spiro atoms. The van der Waals surface area contributed by atoms with Gasteiger partial charge in [0.15, 0.2) is 39.6 Å². The van der Waals surface area contributed by atoms with Gasteiger partial charge in [0.05, 0.1) is 69.5 Å². The number of carbonyl (C=O) groups excluding carboxylic acids is 2. The zero-order chi connectivity index (χ0) is 48.7. The van der Waals surface area contributed by atoms with Gasteiger partial charge in [0.1, 0.15) is 0 Å². The number of benzene rings is 2. The molecule has 3 amide bonds. The topological polar surface area (TPSA) is 163 Å². The lowest BCUT2D eigenvalue weighted by atomic mass is 10.1. The van der Waals surface area contributed by atoms with E-state index in [0.717, 1.165) is 28.9 Å². The van der Waals surface area contributed by atoms with Gasteiger partial charge < -0.3 is 48.4 Å². The van der Waals surface area contributed by atoms with Crippen LogP contribution >= 0.6 is 0 Å². The number of rotatable bonds is 21. The number of ether oxygens (including phenoxy) is 4. The van der Waals surface area contributed by atoms with Crippen molar-refractivity contribution in [3.8, 4) is 23.0 Å². The van der Waals surface area contributed by atoms with Crippen molar-refractivity contribution in [2.24, 2.45) is 0 Å². The third-order valence-corrected chi connectivity index (χ3v) is 22.2. The molecule has 0 bridgehead atoms. The summed E-state index contributed by atoms with van der Waals surface area (Å²) in [5.74, 6) is 0.867. The minimum absolute atomic E-state index is 0.00285. The van der Waals surface area contributed by atoms with E-state index < -0.39 is 22.7 Å². The normalized spacial score (nSPS) is 16.8. The molecular formula is C49H76N4O10Si2. The molecule has 2 atom stereocenters. The van der Waals surface area contributed by atoms with Gasteiger partial charge in [-0.3, -0.25) is 14.5 Å². The fraction of sp³-hybridized carbons (Fsp3) is 0.571. The first-order chi connectivity index (χ1) is 30.3. The van der Waals surface area contributed by atoms with Crippen molar-refractivity contribution >= 4 is 45.9 Å². The van der Waals surface area contributed by atoms with Crippen LogP contribution in [0.5, 0.6) is 23.0 Å².